The number of anilines is 1. The molecule has 3 rings (SSSR count). The highest BCUT2D eigenvalue weighted by Gasteiger charge is 2.22. The van der Waals surface area contributed by atoms with Gasteiger partial charge in [0.25, 0.3) is 0 Å². The van der Waals surface area contributed by atoms with Crippen molar-refractivity contribution in [3.05, 3.63) is 52.5 Å². The molecule has 0 aliphatic carbocycles. The van der Waals surface area contributed by atoms with Crippen LogP contribution in [-0.2, 0) is 11.3 Å². The van der Waals surface area contributed by atoms with Crippen molar-refractivity contribution in [2.45, 2.75) is 25.5 Å². The third-order valence-corrected chi connectivity index (χ3v) is 5.57. The van der Waals surface area contributed by atoms with Crippen LogP contribution in [-0.4, -0.2) is 43.5 Å². The Labute approximate surface area is 180 Å². The molecule has 1 saturated heterocycles. The fourth-order valence-corrected chi connectivity index (χ4v) is 3.72. The fourth-order valence-electron chi connectivity index (χ4n) is 3.20. The van der Waals surface area contributed by atoms with Crippen LogP contribution in [0, 0.1) is 0 Å². The third kappa shape index (κ3) is 5.59. The molecule has 0 bridgehead atoms. The minimum atomic E-state index is 0.182. The molecule has 1 aliphatic rings. The van der Waals surface area contributed by atoms with E-state index in [4.69, 9.17) is 26.4 Å². The molecular weight excluding hydrogens is 440 g/mol. The molecule has 2 aromatic rings. The number of nitrogens with one attached hydrogen (secondary N) is 1. The number of hydrogen-bond acceptors (Lipinski definition) is 4. The van der Waals surface area contributed by atoms with E-state index >= 15 is 0 Å². The number of hydrogen-bond donors (Lipinski definition) is 1. The van der Waals surface area contributed by atoms with E-state index in [0.717, 1.165) is 53.2 Å². The van der Waals surface area contributed by atoms with E-state index < -0.39 is 0 Å². The molecule has 0 amide bonds. The molecular formula is C21H25BrN2O3S. The van der Waals surface area contributed by atoms with Crippen LogP contribution in [0.5, 0.6) is 11.5 Å². The van der Waals surface area contributed by atoms with Gasteiger partial charge in [0.2, 0.25) is 0 Å². The van der Waals surface area contributed by atoms with Crippen molar-refractivity contribution in [1.29, 1.82) is 0 Å². The first-order chi connectivity index (χ1) is 13.6. The maximum Gasteiger partial charge on any atom is 0.173 e. The second kappa shape index (κ2) is 10.1. The number of halogens is 1. The lowest BCUT2D eigenvalue weighted by Crippen LogP contribution is -2.39. The second-order valence-electron chi connectivity index (χ2n) is 6.63. The normalized spacial score (nSPS) is 15.9. The summed E-state index contributed by atoms with van der Waals surface area (Å²) in [6.07, 6.45) is 2.32. The van der Waals surface area contributed by atoms with Crippen LogP contribution in [0.3, 0.4) is 0 Å². The highest BCUT2D eigenvalue weighted by Crippen LogP contribution is 2.26. The van der Waals surface area contributed by atoms with Gasteiger partial charge in [-0.25, -0.2) is 0 Å². The zero-order valence-corrected chi connectivity index (χ0v) is 18.5. The number of rotatable bonds is 7. The molecule has 150 valence electrons. The van der Waals surface area contributed by atoms with Gasteiger partial charge < -0.3 is 24.4 Å². The Morgan fingerprint density at radius 1 is 1.21 bits per heavy atom. The fraction of sp³-hybridized carbons (Fsp3) is 0.381. The number of methoxy groups -OCH3 is 2. The predicted molar refractivity (Wildman–Crippen MR) is 119 cm³/mol. The number of nitrogens with zero attached hydrogens (tertiary/aromatic N) is 1. The van der Waals surface area contributed by atoms with Gasteiger partial charge in [0.05, 0.1) is 20.3 Å². The lowest BCUT2D eigenvalue weighted by atomic mass is 10.1. The number of benzene rings is 2. The van der Waals surface area contributed by atoms with E-state index in [1.165, 1.54) is 0 Å². The van der Waals surface area contributed by atoms with Gasteiger partial charge in [-0.1, -0.05) is 15.9 Å². The van der Waals surface area contributed by atoms with E-state index in [0.29, 0.717) is 11.7 Å². The van der Waals surface area contributed by atoms with Crippen LogP contribution in [0.15, 0.2) is 46.9 Å². The Kier molecular flexibility index (Phi) is 7.53. The van der Waals surface area contributed by atoms with E-state index in [2.05, 4.69) is 26.1 Å². The molecule has 1 fully saturated rings. The summed E-state index contributed by atoms with van der Waals surface area (Å²) in [4.78, 5) is 2.13. The molecule has 0 aromatic heterocycles. The van der Waals surface area contributed by atoms with Gasteiger partial charge >= 0.3 is 0 Å². The van der Waals surface area contributed by atoms with Gasteiger partial charge in [-0.15, -0.1) is 0 Å². The van der Waals surface area contributed by atoms with E-state index in [1.807, 2.05) is 42.5 Å². The lowest BCUT2D eigenvalue weighted by Gasteiger charge is -2.29. The van der Waals surface area contributed by atoms with Crippen LogP contribution in [0.4, 0.5) is 5.69 Å². The van der Waals surface area contributed by atoms with Crippen molar-refractivity contribution < 1.29 is 14.2 Å². The molecule has 0 spiro atoms. The predicted octanol–water partition coefficient (Wildman–Crippen LogP) is 4.84. The lowest BCUT2D eigenvalue weighted by molar-refractivity contribution is 0.0903. The maximum absolute atomic E-state index is 5.85. The van der Waals surface area contributed by atoms with Crippen LogP contribution in [0.1, 0.15) is 18.4 Å². The Balaban J connectivity index is 1.79. The molecule has 1 aliphatic heterocycles. The van der Waals surface area contributed by atoms with E-state index in [-0.39, 0.29) is 6.10 Å². The standard InChI is InChI=1S/C21H25BrN2O3S/c1-25-18-9-10-20(26-2)15(12-18)13-24(14-19-4-3-11-27-19)21(28)23-17-7-5-16(22)6-8-17/h5-10,12,19H,3-4,11,13-14H2,1-2H3,(H,23,28). The molecule has 7 heteroatoms. The molecule has 1 heterocycles. The second-order valence-corrected chi connectivity index (χ2v) is 7.93. The van der Waals surface area contributed by atoms with Crippen LogP contribution >= 0.6 is 28.1 Å². The van der Waals surface area contributed by atoms with Crippen molar-refractivity contribution in [3.8, 4) is 11.5 Å². The zero-order chi connectivity index (χ0) is 19.9. The van der Waals surface area contributed by atoms with Gasteiger partial charge in [0.1, 0.15) is 11.5 Å². The van der Waals surface area contributed by atoms with Crippen molar-refractivity contribution in [2.75, 3.05) is 32.7 Å². The minimum Gasteiger partial charge on any atom is -0.497 e. The highest BCUT2D eigenvalue weighted by molar-refractivity contribution is 9.10. The van der Waals surface area contributed by atoms with Crippen LogP contribution in [0.25, 0.3) is 0 Å². The Hall–Kier alpha value is -1.83. The molecule has 28 heavy (non-hydrogen) atoms. The molecule has 5 nitrogen and oxygen atoms in total. The minimum absolute atomic E-state index is 0.182. The summed E-state index contributed by atoms with van der Waals surface area (Å²) in [7, 11) is 3.34. The van der Waals surface area contributed by atoms with Gasteiger partial charge in [0, 0.05) is 35.4 Å². The topological polar surface area (TPSA) is 43.0 Å². The average Bonchev–Trinajstić information content (AvgIpc) is 3.22. The summed E-state index contributed by atoms with van der Waals surface area (Å²) >= 11 is 9.20. The smallest absolute Gasteiger partial charge is 0.173 e. The van der Waals surface area contributed by atoms with Crippen LogP contribution in [0.2, 0.25) is 0 Å². The summed E-state index contributed by atoms with van der Waals surface area (Å²) in [6.45, 7) is 2.14. The molecule has 0 saturated carbocycles. The van der Waals surface area contributed by atoms with Gasteiger partial charge in [-0.3, -0.25) is 0 Å². The summed E-state index contributed by atoms with van der Waals surface area (Å²) in [5.74, 6) is 1.60. The van der Waals surface area contributed by atoms with E-state index in [9.17, 15) is 0 Å². The van der Waals surface area contributed by atoms with E-state index in [1.54, 1.807) is 14.2 Å². The summed E-state index contributed by atoms with van der Waals surface area (Å²) in [6, 6.07) is 13.8. The summed E-state index contributed by atoms with van der Waals surface area (Å²) in [5, 5.41) is 3.99. The van der Waals surface area contributed by atoms with Gasteiger partial charge in [-0.2, -0.15) is 0 Å². The average molecular weight is 465 g/mol. The molecule has 0 radical (unpaired) electrons. The Morgan fingerprint density at radius 3 is 2.64 bits per heavy atom. The quantitative estimate of drug-likeness (QED) is 0.591. The molecule has 2 aromatic carbocycles. The first kappa shape index (κ1) is 20.9. The van der Waals surface area contributed by atoms with Crippen molar-refractivity contribution in [3.63, 3.8) is 0 Å². The largest absolute Gasteiger partial charge is 0.497 e. The maximum atomic E-state index is 5.85. The van der Waals surface area contributed by atoms with Crippen molar-refractivity contribution >= 4 is 38.9 Å². The SMILES string of the molecule is COc1ccc(OC)c(CN(CC2CCCO2)C(=S)Nc2ccc(Br)cc2)c1. The number of thiocarbonyl (C=S) groups is 1. The molecule has 1 unspecified atom stereocenters. The molecule has 1 N–H and O–H groups in total. The number of ether oxygens (including phenoxy) is 3. The molecule has 1 atom stereocenters. The zero-order valence-electron chi connectivity index (χ0n) is 16.1. The Bertz CT molecular complexity index is 795. The van der Waals surface area contributed by atoms with Crippen LogP contribution < -0.4 is 14.8 Å². The highest BCUT2D eigenvalue weighted by atomic mass is 79.9. The first-order valence-corrected chi connectivity index (χ1v) is 10.4. The van der Waals surface area contributed by atoms with Crippen molar-refractivity contribution in [1.82, 2.24) is 4.90 Å². The Morgan fingerprint density at radius 2 is 2.00 bits per heavy atom. The monoisotopic (exact) mass is 464 g/mol. The summed E-state index contributed by atoms with van der Waals surface area (Å²) < 4.78 is 17.8. The van der Waals surface area contributed by atoms with Gasteiger partial charge in [0.15, 0.2) is 5.11 Å². The van der Waals surface area contributed by atoms with Crippen molar-refractivity contribution in [2.24, 2.45) is 0 Å². The first-order valence-electron chi connectivity index (χ1n) is 9.23. The van der Waals surface area contributed by atoms with Gasteiger partial charge in [-0.05, 0) is 67.5 Å². The summed E-state index contributed by atoms with van der Waals surface area (Å²) in [5.41, 5.74) is 1.96. The third-order valence-electron chi connectivity index (χ3n) is 4.68.